The number of hydrogen-bond acceptors (Lipinski definition) is 8. The van der Waals surface area contributed by atoms with E-state index in [1.807, 2.05) is 6.07 Å². The quantitative estimate of drug-likeness (QED) is 0.829. The Kier molecular flexibility index (Phi) is 4.34. The zero-order chi connectivity index (χ0) is 19.0. The minimum Gasteiger partial charge on any atom is -0.454 e. The summed E-state index contributed by atoms with van der Waals surface area (Å²) < 4.78 is 33.8. The number of fused-ring (bicyclic) bond motifs is 1. The average Bonchev–Trinajstić information content (AvgIpc) is 3.26. The second-order valence-electron chi connectivity index (χ2n) is 6.47. The topological polar surface area (TPSA) is 111 Å². The minimum atomic E-state index is -3.06. The number of hydrogen-bond donors (Lipinski definition) is 1. The summed E-state index contributed by atoms with van der Waals surface area (Å²) in [6, 6.07) is 8.28. The van der Waals surface area contributed by atoms with Crippen LogP contribution in [0.3, 0.4) is 0 Å². The Morgan fingerprint density at radius 2 is 2.00 bits per heavy atom. The van der Waals surface area contributed by atoms with Gasteiger partial charge in [-0.2, -0.15) is 0 Å². The SMILES string of the molecule is CN(C(=O)c1ccc(Nc2ccc3c(c2)OCO3)nn1)C1CCS(=O)(=O)C1. The number of nitrogens with zero attached hydrogens (tertiary/aromatic N) is 3. The fourth-order valence-corrected chi connectivity index (χ4v) is 4.84. The Hall–Kier alpha value is -2.88. The van der Waals surface area contributed by atoms with Crippen molar-refractivity contribution in [1.82, 2.24) is 15.1 Å². The number of sulfone groups is 1. The van der Waals surface area contributed by atoms with Crippen molar-refractivity contribution < 1.29 is 22.7 Å². The van der Waals surface area contributed by atoms with E-state index in [0.717, 1.165) is 5.69 Å². The van der Waals surface area contributed by atoms with Gasteiger partial charge in [0.1, 0.15) is 0 Å². The summed E-state index contributed by atoms with van der Waals surface area (Å²) >= 11 is 0. The lowest BCUT2D eigenvalue weighted by atomic mass is 10.2. The van der Waals surface area contributed by atoms with E-state index >= 15 is 0 Å². The highest BCUT2D eigenvalue weighted by Crippen LogP contribution is 2.34. The Bertz CT molecular complexity index is 977. The maximum atomic E-state index is 12.5. The van der Waals surface area contributed by atoms with Gasteiger partial charge in [-0.15, -0.1) is 10.2 Å². The summed E-state index contributed by atoms with van der Waals surface area (Å²) in [5.41, 5.74) is 0.916. The molecule has 27 heavy (non-hydrogen) atoms. The molecule has 1 amide bonds. The van der Waals surface area contributed by atoms with Gasteiger partial charge in [-0.1, -0.05) is 0 Å². The van der Waals surface area contributed by atoms with E-state index in [1.165, 1.54) is 4.90 Å². The molecule has 1 N–H and O–H groups in total. The van der Waals surface area contributed by atoms with Gasteiger partial charge in [-0.05, 0) is 30.7 Å². The highest BCUT2D eigenvalue weighted by Gasteiger charge is 2.33. The maximum absolute atomic E-state index is 12.5. The van der Waals surface area contributed by atoms with Crippen LogP contribution in [0, 0.1) is 0 Å². The molecular weight excluding hydrogens is 372 g/mol. The highest BCUT2D eigenvalue weighted by molar-refractivity contribution is 7.91. The molecule has 0 bridgehead atoms. The van der Waals surface area contributed by atoms with E-state index < -0.39 is 9.84 Å². The van der Waals surface area contributed by atoms with Crippen LogP contribution in [-0.2, 0) is 9.84 Å². The van der Waals surface area contributed by atoms with Crippen molar-refractivity contribution in [2.24, 2.45) is 0 Å². The fraction of sp³-hybridized carbons (Fsp3) is 0.353. The summed E-state index contributed by atoms with van der Waals surface area (Å²) in [6.07, 6.45) is 0.446. The average molecular weight is 390 g/mol. The van der Waals surface area contributed by atoms with Gasteiger partial charge in [-0.3, -0.25) is 4.79 Å². The number of ether oxygens (including phenoxy) is 2. The molecule has 10 heteroatoms. The first-order valence-electron chi connectivity index (χ1n) is 8.39. The van der Waals surface area contributed by atoms with Crippen LogP contribution in [0.1, 0.15) is 16.9 Å². The van der Waals surface area contributed by atoms with Gasteiger partial charge in [0.05, 0.1) is 11.5 Å². The Balaban J connectivity index is 1.43. The van der Waals surface area contributed by atoms with Crippen molar-refractivity contribution in [1.29, 1.82) is 0 Å². The van der Waals surface area contributed by atoms with Crippen molar-refractivity contribution in [2.75, 3.05) is 30.7 Å². The molecule has 2 aromatic rings. The van der Waals surface area contributed by atoms with Crippen LogP contribution < -0.4 is 14.8 Å². The van der Waals surface area contributed by atoms with Crippen LogP contribution in [0.25, 0.3) is 0 Å². The van der Waals surface area contributed by atoms with Gasteiger partial charge in [0.15, 0.2) is 32.8 Å². The summed E-state index contributed by atoms with van der Waals surface area (Å²) in [6.45, 7) is 0.200. The minimum absolute atomic E-state index is 0.00752. The van der Waals surface area contributed by atoms with Crippen LogP contribution in [0.15, 0.2) is 30.3 Å². The summed E-state index contributed by atoms with van der Waals surface area (Å²) in [5.74, 6) is 1.55. The molecule has 3 heterocycles. The molecule has 0 radical (unpaired) electrons. The van der Waals surface area contributed by atoms with E-state index in [2.05, 4.69) is 15.5 Å². The number of nitrogens with one attached hydrogen (secondary N) is 1. The van der Waals surface area contributed by atoms with Crippen LogP contribution in [0.5, 0.6) is 11.5 Å². The largest absolute Gasteiger partial charge is 0.454 e. The van der Waals surface area contributed by atoms with E-state index in [1.54, 1.807) is 31.3 Å². The molecule has 1 aromatic heterocycles. The lowest BCUT2D eigenvalue weighted by molar-refractivity contribution is 0.0740. The number of aromatic nitrogens is 2. The molecule has 1 saturated heterocycles. The summed E-state index contributed by atoms with van der Waals surface area (Å²) in [4.78, 5) is 13.9. The maximum Gasteiger partial charge on any atom is 0.274 e. The molecule has 0 spiro atoms. The van der Waals surface area contributed by atoms with Crippen molar-refractivity contribution >= 4 is 27.2 Å². The van der Waals surface area contributed by atoms with Crippen molar-refractivity contribution in [3.05, 3.63) is 36.0 Å². The second kappa shape index (κ2) is 6.69. The smallest absolute Gasteiger partial charge is 0.274 e. The van der Waals surface area contributed by atoms with Crippen LogP contribution >= 0.6 is 0 Å². The molecule has 142 valence electrons. The number of benzene rings is 1. The molecule has 2 aliphatic rings. The van der Waals surface area contributed by atoms with Crippen molar-refractivity contribution in [3.8, 4) is 11.5 Å². The molecular formula is C17H18N4O5S. The van der Waals surface area contributed by atoms with Gasteiger partial charge in [-0.25, -0.2) is 8.42 Å². The third kappa shape index (κ3) is 3.65. The number of amides is 1. The van der Waals surface area contributed by atoms with E-state index in [-0.39, 0.29) is 35.9 Å². The predicted octanol–water partition coefficient (Wildman–Crippen LogP) is 1.21. The number of rotatable bonds is 4. The molecule has 0 aliphatic carbocycles. The first kappa shape index (κ1) is 17.5. The molecule has 1 atom stereocenters. The lowest BCUT2D eigenvalue weighted by Crippen LogP contribution is -2.38. The van der Waals surface area contributed by atoms with Gasteiger partial charge in [0, 0.05) is 24.8 Å². The zero-order valence-electron chi connectivity index (χ0n) is 14.6. The molecule has 9 nitrogen and oxygen atoms in total. The third-order valence-electron chi connectivity index (χ3n) is 4.61. The standard InChI is InChI=1S/C17H18N4O5S/c1-21(12-6-7-27(23,24)9-12)17(22)13-3-5-16(20-19-13)18-11-2-4-14-15(8-11)26-10-25-14/h2-5,8,12H,6-7,9-10H2,1H3,(H,18,20). The van der Waals surface area contributed by atoms with Gasteiger partial charge in [0.2, 0.25) is 6.79 Å². The number of carbonyl (C=O) groups is 1. The second-order valence-corrected chi connectivity index (χ2v) is 8.70. The molecule has 2 aliphatic heterocycles. The van der Waals surface area contributed by atoms with E-state index in [4.69, 9.17) is 9.47 Å². The lowest BCUT2D eigenvalue weighted by Gasteiger charge is -2.22. The third-order valence-corrected chi connectivity index (χ3v) is 6.36. The summed E-state index contributed by atoms with van der Waals surface area (Å²) in [7, 11) is -1.47. The van der Waals surface area contributed by atoms with E-state index in [0.29, 0.717) is 23.7 Å². The number of anilines is 2. The fourth-order valence-electron chi connectivity index (χ4n) is 3.06. The molecule has 1 aromatic carbocycles. The van der Waals surface area contributed by atoms with Gasteiger partial charge >= 0.3 is 0 Å². The molecule has 4 rings (SSSR count). The highest BCUT2D eigenvalue weighted by atomic mass is 32.2. The first-order valence-corrected chi connectivity index (χ1v) is 10.2. The molecule has 1 unspecified atom stereocenters. The monoisotopic (exact) mass is 390 g/mol. The number of carbonyl (C=O) groups excluding carboxylic acids is 1. The predicted molar refractivity (Wildman–Crippen MR) is 97.0 cm³/mol. The Labute approximate surface area is 156 Å². The van der Waals surface area contributed by atoms with Crippen molar-refractivity contribution in [2.45, 2.75) is 12.5 Å². The van der Waals surface area contributed by atoms with E-state index in [9.17, 15) is 13.2 Å². The summed E-state index contributed by atoms with van der Waals surface area (Å²) in [5, 5.41) is 11.1. The van der Waals surface area contributed by atoms with Crippen LogP contribution in [-0.4, -0.2) is 60.8 Å². The molecule has 0 saturated carbocycles. The van der Waals surface area contributed by atoms with Gasteiger partial charge < -0.3 is 19.7 Å². The zero-order valence-corrected chi connectivity index (χ0v) is 15.4. The van der Waals surface area contributed by atoms with Crippen molar-refractivity contribution in [3.63, 3.8) is 0 Å². The van der Waals surface area contributed by atoms with Crippen LogP contribution in [0.4, 0.5) is 11.5 Å². The van der Waals surface area contributed by atoms with Gasteiger partial charge in [0.25, 0.3) is 5.91 Å². The first-order chi connectivity index (χ1) is 12.9. The molecule has 1 fully saturated rings. The Morgan fingerprint density at radius 3 is 2.70 bits per heavy atom. The normalized spacial score (nSPS) is 19.7. The Morgan fingerprint density at radius 1 is 1.19 bits per heavy atom. The van der Waals surface area contributed by atoms with Crippen LogP contribution in [0.2, 0.25) is 0 Å².